The van der Waals surface area contributed by atoms with Crippen LogP contribution in [0.2, 0.25) is 0 Å². The van der Waals surface area contributed by atoms with Crippen molar-refractivity contribution in [1.82, 2.24) is 24.3 Å². The Morgan fingerprint density at radius 1 is 1.19 bits per heavy atom. The fraction of sp³-hybridized carbons (Fsp3) is 0.227. The van der Waals surface area contributed by atoms with E-state index in [1.165, 1.54) is 12.1 Å². The number of aryl methyl sites for hydroxylation is 1. The molecule has 160 valence electrons. The first-order valence-electron chi connectivity index (χ1n) is 9.70. The van der Waals surface area contributed by atoms with Gasteiger partial charge in [0.25, 0.3) is 5.91 Å². The molecule has 0 aliphatic heterocycles. The van der Waals surface area contributed by atoms with Crippen molar-refractivity contribution in [3.8, 4) is 11.5 Å². The van der Waals surface area contributed by atoms with Gasteiger partial charge in [-0.3, -0.25) is 9.20 Å². The minimum Gasteiger partial charge on any atom is -0.383 e. The van der Waals surface area contributed by atoms with E-state index in [0.717, 1.165) is 6.07 Å². The number of methoxy groups -OCH3 is 1. The number of hydrogen-bond donors (Lipinski definition) is 1. The van der Waals surface area contributed by atoms with Gasteiger partial charge in [-0.15, -0.1) is 0 Å². The number of ether oxygens (including phenoxy) is 1. The number of pyridine rings is 1. The quantitative estimate of drug-likeness (QED) is 0.462. The van der Waals surface area contributed by atoms with E-state index in [0.29, 0.717) is 41.6 Å². The first kappa shape index (κ1) is 20.7. The summed E-state index contributed by atoms with van der Waals surface area (Å²) >= 11 is 0. The van der Waals surface area contributed by atoms with Crippen molar-refractivity contribution in [2.24, 2.45) is 0 Å². The summed E-state index contributed by atoms with van der Waals surface area (Å²) in [7, 11) is 1.56. The monoisotopic (exact) mass is 425 g/mol. The summed E-state index contributed by atoms with van der Waals surface area (Å²) in [5.74, 6) is -0.414. The molecule has 0 atom stereocenters. The molecule has 0 aliphatic carbocycles. The smallest absolute Gasteiger partial charge is 0.272 e. The lowest BCUT2D eigenvalue weighted by Crippen LogP contribution is -2.27. The summed E-state index contributed by atoms with van der Waals surface area (Å²) in [5.41, 5.74) is 1.81. The maximum Gasteiger partial charge on any atom is 0.272 e. The highest BCUT2D eigenvalue weighted by atomic mass is 19.1. The van der Waals surface area contributed by atoms with Crippen LogP contribution in [-0.4, -0.2) is 45.1 Å². The van der Waals surface area contributed by atoms with Crippen LogP contribution < -0.4 is 5.32 Å². The third-order valence-electron chi connectivity index (χ3n) is 4.92. The summed E-state index contributed by atoms with van der Waals surface area (Å²) < 4.78 is 35.8. The van der Waals surface area contributed by atoms with Crippen molar-refractivity contribution >= 4 is 11.4 Å². The van der Waals surface area contributed by atoms with Crippen LogP contribution in [-0.2, 0) is 11.3 Å². The molecule has 3 aromatic heterocycles. The molecule has 0 saturated heterocycles. The van der Waals surface area contributed by atoms with Crippen molar-refractivity contribution in [3.05, 3.63) is 77.5 Å². The average molecular weight is 425 g/mol. The number of aromatic nitrogens is 4. The third-order valence-corrected chi connectivity index (χ3v) is 4.92. The van der Waals surface area contributed by atoms with Crippen molar-refractivity contribution in [2.75, 3.05) is 20.3 Å². The van der Waals surface area contributed by atoms with E-state index in [1.54, 1.807) is 41.5 Å². The second-order valence-corrected chi connectivity index (χ2v) is 7.03. The molecule has 1 amide bonds. The molecule has 31 heavy (non-hydrogen) atoms. The molecule has 3 heterocycles. The highest BCUT2D eigenvalue weighted by Gasteiger charge is 2.20. The predicted molar refractivity (Wildman–Crippen MR) is 111 cm³/mol. The topological polar surface area (TPSA) is 73.4 Å². The third kappa shape index (κ3) is 4.17. The Morgan fingerprint density at radius 2 is 2.03 bits per heavy atom. The molecule has 0 spiro atoms. The van der Waals surface area contributed by atoms with E-state index in [9.17, 15) is 13.6 Å². The van der Waals surface area contributed by atoms with E-state index < -0.39 is 11.6 Å². The van der Waals surface area contributed by atoms with Crippen LogP contribution in [0.4, 0.5) is 8.78 Å². The minimum atomic E-state index is -0.621. The van der Waals surface area contributed by atoms with Crippen LogP contribution in [0.25, 0.3) is 17.0 Å². The molecule has 0 unspecified atom stereocenters. The molecule has 0 radical (unpaired) electrons. The number of halogens is 2. The lowest BCUT2D eigenvalue weighted by atomic mass is 10.2. The number of carbonyl (C=O) groups excluding carboxylic acids is 1. The molecule has 1 N–H and O–H groups in total. The standard InChI is InChI=1S/C22H21F2N5O2/c1-14-26-18(13-28(14)12-15-6-7-16(23)11-17(15)24)21-27-20(22(30)25-8-10-31-2)19-5-3-4-9-29(19)21/h3-7,9,11,13H,8,10,12H2,1-2H3,(H,25,30). The van der Waals surface area contributed by atoms with Crippen LogP contribution in [0.5, 0.6) is 0 Å². The maximum absolute atomic E-state index is 14.1. The average Bonchev–Trinajstić information content (AvgIpc) is 3.31. The Bertz CT molecular complexity index is 1250. The van der Waals surface area contributed by atoms with Crippen LogP contribution in [0, 0.1) is 18.6 Å². The molecule has 1 aromatic carbocycles. The van der Waals surface area contributed by atoms with Gasteiger partial charge in [-0.05, 0) is 25.1 Å². The van der Waals surface area contributed by atoms with Crippen LogP contribution in [0.15, 0.2) is 48.8 Å². The second-order valence-electron chi connectivity index (χ2n) is 7.03. The highest BCUT2D eigenvalue weighted by Crippen LogP contribution is 2.23. The number of rotatable bonds is 7. The number of amides is 1. The Morgan fingerprint density at radius 3 is 2.81 bits per heavy atom. The summed E-state index contributed by atoms with van der Waals surface area (Å²) in [6, 6.07) is 8.97. The lowest BCUT2D eigenvalue weighted by Gasteiger charge is -2.06. The first-order chi connectivity index (χ1) is 15.0. The predicted octanol–water partition coefficient (Wildman–Crippen LogP) is 3.21. The Balaban J connectivity index is 1.69. The van der Waals surface area contributed by atoms with Gasteiger partial charge < -0.3 is 14.6 Å². The summed E-state index contributed by atoms with van der Waals surface area (Å²) in [5, 5.41) is 2.78. The molecule has 4 rings (SSSR count). The van der Waals surface area contributed by atoms with E-state index in [4.69, 9.17) is 4.74 Å². The highest BCUT2D eigenvalue weighted by molar-refractivity contribution is 5.99. The van der Waals surface area contributed by atoms with E-state index in [1.807, 2.05) is 12.1 Å². The number of nitrogens with zero attached hydrogens (tertiary/aromatic N) is 4. The summed E-state index contributed by atoms with van der Waals surface area (Å²) in [4.78, 5) is 21.7. The van der Waals surface area contributed by atoms with Gasteiger partial charge in [0.15, 0.2) is 11.5 Å². The van der Waals surface area contributed by atoms with E-state index >= 15 is 0 Å². The Kier molecular flexibility index (Phi) is 5.77. The van der Waals surface area contributed by atoms with Crippen LogP contribution >= 0.6 is 0 Å². The molecular formula is C22H21F2N5O2. The zero-order valence-electron chi connectivity index (χ0n) is 17.1. The number of benzene rings is 1. The van der Waals surface area contributed by atoms with Gasteiger partial charge >= 0.3 is 0 Å². The molecule has 0 saturated carbocycles. The number of imidazole rings is 2. The van der Waals surface area contributed by atoms with Gasteiger partial charge in [-0.2, -0.15) is 0 Å². The van der Waals surface area contributed by atoms with Gasteiger partial charge in [0.1, 0.15) is 23.2 Å². The molecule has 4 aromatic rings. The number of fused-ring (bicyclic) bond motifs is 1. The maximum atomic E-state index is 14.1. The van der Waals surface area contributed by atoms with Crippen molar-refractivity contribution < 1.29 is 18.3 Å². The lowest BCUT2D eigenvalue weighted by molar-refractivity contribution is 0.0934. The summed E-state index contributed by atoms with van der Waals surface area (Å²) in [6.07, 6.45) is 3.55. The molecule has 0 fully saturated rings. The van der Waals surface area contributed by atoms with Crippen molar-refractivity contribution in [3.63, 3.8) is 0 Å². The normalized spacial score (nSPS) is 11.2. The second kappa shape index (κ2) is 8.65. The van der Waals surface area contributed by atoms with Gasteiger partial charge in [-0.1, -0.05) is 12.1 Å². The first-order valence-corrected chi connectivity index (χ1v) is 9.70. The van der Waals surface area contributed by atoms with Gasteiger partial charge in [0, 0.05) is 37.7 Å². The number of carbonyl (C=O) groups is 1. The molecule has 0 bridgehead atoms. The van der Waals surface area contributed by atoms with Gasteiger partial charge in [0.2, 0.25) is 0 Å². The fourth-order valence-electron chi connectivity index (χ4n) is 3.35. The van der Waals surface area contributed by atoms with Crippen molar-refractivity contribution in [2.45, 2.75) is 13.5 Å². The SMILES string of the molecule is COCCNC(=O)c1nc(-c2cn(Cc3ccc(F)cc3F)c(C)n2)n2ccccc12. The minimum absolute atomic E-state index is 0.193. The van der Waals surface area contributed by atoms with E-state index in [-0.39, 0.29) is 18.1 Å². The molecular weight excluding hydrogens is 404 g/mol. The van der Waals surface area contributed by atoms with Crippen molar-refractivity contribution in [1.29, 1.82) is 0 Å². The summed E-state index contributed by atoms with van der Waals surface area (Å²) in [6.45, 7) is 2.75. The van der Waals surface area contributed by atoms with Crippen LogP contribution in [0.3, 0.4) is 0 Å². The zero-order chi connectivity index (χ0) is 22.0. The largest absolute Gasteiger partial charge is 0.383 e. The van der Waals surface area contributed by atoms with Gasteiger partial charge in [0.05, 0.1) is 18.7 Å². The molecule has 7 nitrogen and oxygen atoms in total. The number of nitrogens with one attached hydrogen (secondary N) is 1. The van der Waals surface area contributed by atoms with Crippen LogP contribution in [0.1, 0.15) is 21.9 Å². The van der Waals surface area contributed by atoms with Gasteiger partial charge in [-0.25, -0.2) is 18.7 Å². The van der Waals surface area contributed by atoms with E-state index in [2.05, 4.69) is 15.3 Å². The number of hydrogen-bond acceptors (Lipinski definition) is 4. The Hall–Kier alpha value is -3.59. The zero-order valence-corrected chi connectivity index (χ0v) is 17.1. The molecule has 9 heteroatoms. The molecule has 0 aliphatic rings. The Labute approximate surface area is 177 Å². The fourth-order valence-corrected chi connectivity index (χ4v) is 3.35.